The highest BCUT2D eigenvalue weighted by Crippen LogP contribution is 2.54. The summed E-state index contributed by atoms with van der Waals surface area (Å²) in [5, 5.41) is 9.94. The standard InChI is InChI=1S/C51H34O/c1-51(2)43-26-13-12-20-35(43)41-27-28-44-49(50(41)51)48-36-21-7-6-19-34(36)42(30-45(48)52-44)32-17-14-18-33(29-32)47-39-24-10-8-22-37(39)46(31-15-4-3-5-16-31)38-23-9-11-25-40(38)47/h3-30H,1-2H3. The zero-order valence-corrected chi connectivity index (χ0v) is 29.1. The molecule has 1 heteroatoms. The van der Waals surface area contributed by atoms with Gasteiger partial charge in [0.05, 0.1) is 0 Å². The first-order chi connectivity index (χ1) is 25.6. The summed E-state index contributed by atoms with van der Waals surface area (Å²) in [6.45, 7) is 4.72. The molecule has 244 valence electrons. The van der Waals surface area contributed by atoms with Crippen molar-refractivity contribution in [2.45, 2.75) is 19.3 Å². The Morgan fingerprint density at radius 3 is 1.63 bits per heavy atom. The fraction of sp³-hybridized carbons (Fsp3) is 0.0588. The molecule has 0 saturated carbocycles. The van der Waals surface area contributed by atoms with Crippen molar-refractivity contribution in [2.75, 3.05) is 0 Å². The van der Waals surface area contributed by atoms with Crippen molar-refractivity contribution in [3.05, 3.63) is 181 Å². The molecule has 10 aromatic rings. The van der Waals surface area contributed by atoms with Gasteiger partial charge in [-0.2, -0.15) is 0 Å². The molecule has 52 heavy (non-hydrogen) atoms. The van der Waals surface area contributed by atoms with Crippen molar-refractivity contribution in [1.29, 1.82) is 0 Å². The van der Waals surface area contributed by atoms with Gasteiger partial charge in [-0.1, -0.05) is 166 Å². The lowest BCUT2D eigenvalue weighted by Crippen LogP contribution is -2.15. The van der Waals surface area contributed by atoms with Crippen LogP contribution in [0.2, 0.25) is 0 Å². The first-order valence-electron chi connectivity index (χ1n) is 18.2. The molecule has 1 aromatic heterocycles. The van der Waals surface area contributed by atoms with Gasteiger partial charge in [0, 0.05) is 16.2 Å². The summed E-state index contributed by atoms with van der Waals surface area (Å²) in [7, 11) is 0. The van der Waals surface area contributed by atoms with Gasteiger partial charge in [-0.25, -0.2) is 0 Å². The lowest BCUT2D eigenvalue weighted by Gasteiger charge is -2.22. The van der Waals surface area contributed by atoms with Gasteiger partial charge in [0.15, 0.2) is 0 Å². The van der Waals surface area contributed by atoms with E-state index in [4.69, 9.17) is 4.42 Å². The number of fused-ring (bicyclic) bond motifs is 11. The van der Waals surface area contributed by atoms with Crippen LogP contribution in [0.1, 0.15) is 25.0 Å². The Bertz CT molecular complexity index is 3030. The van der Waals surface area contributed by atoms with Crippen LogP contribution < -0.4 is 0 Å². The van der Waals surface area contributed by atoms with Gasteiger partial charge in [0.25, 0.3) is 0 Å². The summed E-state index contributed by atoms with van der Waals surface area (Å²) in [4.78, 5) is 0. The van der Waals surface area contributed by atoms with E-state index in [-0.39, 0.29) is 5.41 Å². The van der Waals surface area contributed by atoms with Gasteiger partial charge < -0.3 is 4.42 Å². The number of hydrogen-bond donors (Lipinski definition) is 0. The third-order valence-corrected chi connectivity index (χ3v) is 11.6. The van der Waals surface area contributed by atoms with E-state index in [1.807, 2.05) is 0 Å². The summed E-state index contributed by atoms with van der Waals surface area (Å²) in [6, 6.07) is 62.1. The third-order valence-electron chi connectivity index (χ3n) is 11.6. The smallest absolute Gasteiger partial charge is 0.136 e. The molecular formula is C51H34O. The van der Waals surface area contributed by atoms with Crippen LogP contribution in [-0.2, 0) is 5.41 Å². The summed E-state index contributed by atoms with van der Waals surface area (Å²) >= 11 is 0. The molecular weight excluding hydrogens is 629 g/mol. The van der Waals surface area contributed by atoms with E-state index in [0.717, 1.165) is 11.2 Å². The minimum Gasteiger partial charge on any atom is -0.456 e. The maximum atomic E-state index is 6.83. The SMILES string of the molecule is CC1(C)c2ccccc2-c2ccc3oc4cc(-c5cccc(-c6c7ccccc7c(-c7ccccc7)c7ccccc67)c5)c5ccccc5c4c3c21. The van der Waals surface area contributed by atoms with Gasteiger partial charge in [0.1, 0.15) is 11.2 Å². The first-order valence-corrected chi connectivity index (χ1v) is 18.2. The van der Waals surface area contributed by atoms with Crippen LogP contribution in [0.25, 0.3) is 98.8 Å². The Balaban J connectivity index is 1.17. The number of rotatable bonds is 3. The quantitative estimate of drug-likeness (QED) is 0.172. The largest absolute Gasteiger partial charge is 0.456 e. The molecule has 9 aromatic carbocycles. The van der Waals surface area contributed by atoms with E-state index in [0.29, 0.717) is 0 Å². The second-order valence-electron chi connectivity index (χ2n) is 14.8. The predicted molar refractivity (Wildman–Crippen MR) is 220 cm³/mol. The molecule has 1 aliphatic rings. The van der Waals surface area contributed by atoms with Gasteiger partial charge in [-0.3, -0.25) is 0 Å². The Morgan fingerprint density at radius 2 is 0.923 bits per heavy atom. The van der Waals surface area contributed by atoms with Gasteiger partial charge in [-0.15, -0.1) is 0 Å². The van der Waals surface area contributed by atoms with Crippen LogP contribution in [0.3, 0.4) is 0 Å². The Labute approximate surface area is 302 Å². The normalized spacial score (nSPS) is 13.3. The highest BCUT2D eigenvalue weighted by molar-refractivity contribution is 6.25. The maximum absolute atomic E-state index is 6.83. The predicted octanol–water partition coefficient (Wildman–Crippen LogP) is 14.4. The van der Waals surface area contributed by atoms with Crippen molar-refractivity contribution in [2.24, 2.45) is 0 Å². The fourth-order valence-corrected chi connectivity index (χ4v) is 9.43. The summed E-state index contributed by atoms with van der Waals surface area (Å²) in [5.74, 6) is 0. The minimum absolute atomic E-state index is 0.141. The van der Waals surface area contributed by atoms with Gasteiger partial charge >= 0.3 is 0 Å². The van der Waals surface area contributed by atoms with Crippen LogP contribution in [0.4, 0.5) is 0 Å². The van der Waals surface area contributed by atoms with Gasteiger partial charge in [-0.05, 0) is 106 Å². The molecule has 0 atom stereocenters. The molecule has 0 bridgehead atoms. The van der Waals surface area contributed by atoms with Crippen LogP contribution in [0, 0.1) is 0 Å². The lowest BCUT2D eigenvalue weighted by atomic mass is 9.80. The van der Waals surface area contributed by atoms with Crippen LogP contribution in [0.5, 0.6) is 0 Å². The zero-order chi connectivity index (χ0) is 34.6. The monoisotopic (exact) mass is 662 g/mol. The zero-order valence-electron chi connectivity index (χ0n) is 29.1. The lowest BCUT2D eigenvalue weighted by molar-refractivity contribution is 0.657. The highest BCUT2D eigenvalue weighted by atomic mass is 16.3. The first kappa shape index (κ1) is 29.3. The average Bonchev–Trinajstić information content (AvgIpc) is 3.68. The molecule has 11 rings (SSSR count). The minimum atomic E-state index is -0.141. The van der Waals surface area contributed by atoms with E-state index < -0.39 is 0 Å². The number of benzene rings is 9. The molecule has 0 spiro atoms. The Kier molecular flexibility index (Phi) is 6.08. The van der Waals surface area contributed by atoms with Crippen LogP contribution in [0.15, 0.2) is 174 Å². The number of furan rings is 1. The van der Waals surface area contributed by atoms with Crippen molar-refractivity contribution < 1.29 is 4.42 Å². The Morgan fingerprint density at radius 1 is 0.365 bits per heavy atom. The molecule has 0 unspecified atom stereocenters. The second kappa shape index (κ2) is 10.8. The third kappa shape index (κ3) is 3.99. The Hall–Kier alpha value is -6.44. The van der Waals surface area contributed by atoms with Crippen molar-refractivity contribution >= 4 is 54.3 Å². The van der Waals surface area contributed by atoms with E-state index in [9.17, 15) is 0 Å². The summed E-state index contributed by atoms with van der Waals surface area (Å²) < 4.78 is 6.83. The molecule has 0 N–H and O–H groups in total. The molecule has 0 saturated heterocycles. The van der Waals surface area contributed by atoms with E-state index >= 15 is 0 Å². The summed E-state index contributed by atoms with van der Waals surface area (Å²) in [6.07, 6.45) is 0. The fourth-order valence-electron chi connectivity index (χ4n) is 9.43. The summed E-state index contributed by atoms with van der Waals surface area (Å²) in [5.41, 5.74) is 14.5. The molecule has 0 aliphatic heterocycles. The molecule has 1 nitrogen and oxygen atoms in total. The molecule has 0 amide bonds. The second-order valence-corrected chi connectivity index (χ2v) is 14.8. The topological polar surface area (TPSA) is 13.1 Å². The number of hydrogen-bond acceptors (Lipinski definition) is 1. The average molecular weight is 663 g/mol. The van der Waals surface area contributed by atoms with Gasteiger partial charge in [0.2, 0.25) is 0 Å². The van der Waals surface area contributed by atoms with Crippen molar-refractivity contribution in [3.8, 4) is 44.5 Å². The molecule has 1 aliphatic carbocycles. The molecule has 1 heterocycles. The van der Waals surface area contributed by atoms with Crippen LogP contribution in [-0.4, -0.2) is 0 Å². The molecule has 0 fully saturated rings. The van der Waals surface area contributed by atoms with E-state index in [1.165, 1.54) is 98.7 Å². The van der Waals surface area contributed by atoms with E-state index in [2.05, 4.69) is 184 Å². The molecule has 0 radical (unpaired) electrons. The van der Waals surface area contributed by atoms with E-state index in [1.54, 1.807) is 0 Å². The highest BCUT2D eigenvalue weighted by Gasteiger charge is 2.38. The van der Waals surface area contributed by atoms with Crippen LogP contribution >= 0.6 is 0 Å². The maximum Gasteiger partial charge on any atom is 0.136 e. The van der Waals surface area contributed by atoms with Crippen molar-refractivity contribution in [3.63, 3.8) is 0 Å². The van der Waals surface area contributed by atoms with Crippen molar-refractivity contribution in [1.82, 2.24) is 0 Å².